The second-order valence-electron chi connectivity index (χ2n) is 10.5. The Morgan fingerprint density at radius 2 is 1.89 bits per heavy atom. The number of aromatic nitrogens is 2. The summed E-state index contributed by atoms with van der Waals surface area (Å²) in [5.74, 6) is 1.24. The first-order chi connectivity index (χ1) is 21.3. The van der Waals surface area contributed by atoms with E-state index in [1.807, 2.05) is 18.2 Å². The number of ether oxygens (including phenoxy) is 3. The second-order valence-corrected chi connectivity index (χ2v) is 10.5. The Morgan fingerprint density at radius 3 is 2.59 bits per heavy atom. The molecule has 1 atom stereocenters. The molecule has 5 rings (SSSR count). The van der Waals surface area contributed by atoms with Gasteiger partial charge in [-0.1, -0.05) is 12.1 Å². The summed E-state index contributed by atoms with van der Waals surface area (Å²) in [6.07, 6.45) is 2.70. The van der Waals surface area contributed by atoms with Crippen molar-refractivity contribution in [1.82, 2.24) is 14.5 Å². The third kappa shape index (κ3) is 6.82. The highest BCUT2D eigenvalue weighted by Gasteiger charge is 2.26. The first-order valence-corrected chi connectivity index (χ1v) is 14.3. The number of amides is 3. The lowest BCUT2D eigenvalue weighted by atomic mass is 9.88. The van der Waals surface area contributed by atoms with Crippen molar-refractivity contribution >= 4 is 34.6 Å². The summed E-state index contributed by atoms with van der Waals surface area (Å²) in [5.41, 5.74) is 8.28. The number of benzene rings is 2. The lowest BCUT2D eigenvalue weighted by molar-refractivity contribution is -0.134. The van der Waals surface area contributed by atoms with Gasteiger partial charge in [0.25, 0.3) is 5.91 Å². The van der Waals surface area contributed by atoms with Crippen LogP contribution in [0.2, 0.25) is 0 Å². The number of aliphatic hydroxyl groups is 1. The Kier molecular flexibility index (Phi) is 9.41. The average molecular weight is 602 g/mol. The lowest BCUT2D eigenvalue weighted by Gasteiger charge is -2.31. The van der Waals surface area contributed by atoms with E-state index >= 15 is 0 Å². The molecule has 0 saturated carbocycles. The minimum atomic E-state index is -0.604. The third-order valence-corrected chi connectivity index (χ3v) is 7.55. The molecule has 0 bridgehead atoms. The Balaban J connectivity index is 1.29. The molecule has 4 aromatic rings. The van der Waals surface area contributed by atoms with Gasteiger partial charge in [0.1, 0.15) is 18.2 Å². The molecule has 1 aliphatic rings. The van der Waals surface area contributed by atoms with E-state index in [-0.39, 0.29) is 36.8 Å². The number of anilines is 1. The largest absolute Gasteiger partial charge is 0.487 e. The number of carbonyl (C=O) groups excluding carboxylic acids is 3. The van der Waals surface area contributed by atoms with E-state index in [9.17, 15) is 14.4 Å². The number of pyridine rings is 1. The molecule has 1 unspecified atom stereocenters. The fraction of sp³-hybridized carbons (Fsp3) is 0.312. The van der Waals surface area contributed by atoms with Crippen LogP contribution in [0.5, 0.6) is 17.2 Å². The average Bonchev–Trinajstić information content (AvgIpc) is 3.33. The van der Waals surface area contributed by atoms with Crippen LogP contribution in [0.15, 0.2) is 60.8 Å². The maximum absolute atomic E-state index is 13.0. The zero-order chi connectivity index (χ0) is 31.2. The molecule has 44 heavy (non-hydrogen) atoms. The van der Waals surface area contributed by atoms with E-state index in [0.29, 0.717) is 60.1 Å². The van der Waals surface area contributed by atoms with Crippen molar-refractivity contribution < 1.29 is 33.7 Å². The molecule has 12 heteroatoms. The smallest absolute Gasteiger partial charge is 0.323 e. The van der Waals surface area contributed by atoms with Crippen LogP contribution >= 0.6 is 0 Å². The van der Waals surface area contributed by atoms with Crippen LogP contribution in [0.1, 0.15) is 40.4 Å². The van der Waals surface area contributed by atoms with E-state index in [0.717, 1.165) is 17.4 Å². The fourth-order valence-corrected chi connectivity index (χ4v) is 5.36. The van der Waals surface area contributed by atoms with Gasteiger partial charge < -0.3 is 35.3 Å². The molecule has 1 fully saturated rings. The molecular formula is C32H35N5O7. The van der Waals surface area contributed by atoms with Gasteiger partial charge in [0.05, 0.1) is 18.7 Å². The monoisotopic (exact) mass is 601 g/mol. The predicted octanol–water partition coefficient (Wildman–Crippen LogP) is 4.04. The van der Waals surface area contributed by atoms with Crippen molar-refractivity contribution in [2.45, 2.75) is 25.7 Å². The number of hydrogen-bond acceptors (Lipinski definition) is 8. The second kappa shape index (κ2) is 13.6. The number of hydrogen-bond donors (Lipinski definition) is 3. The minimum Gasteiger partial charge on any atom is -0.487 e. The van der Waals surface area contributed by atoms with Crippen LogP contribution in [0.4, 0.5) is 10.6 Å². The molecule has 2 aromatic carbocycles. The van der Waals surface area contributed by atoms with Crippen LogP contribution in [-0.4, -0.2) is 77.4 Å². The quantitative estimate of drug-likeness (QED) is 0.217. The van der Waals surface area contributed by atoms with Crippen molar-refractivity contribution in [3.8, 4) is 17.2 Å². The van der Waals surface area contributed by atoms with Gasteiger partial charge in [-0.3, -0.25) is 14.2 Å². The molecule has 0 spiro atoms. The summed E-state index contributed by atoms with van der Waals surface area (Å²) < 4.78 is 18.6. The molecule has 2 aromatic heterocycles. The summed E-state index contributed by atoms with van der Waals surface area (Å²) in [7, 11) is 1.57. The number of likely N-dealkylation sites (tertiary alicyclic amines) is 1. The maximum atomic E-state index is 13.0. The number of nitrogens with two attached hydrogens (primary N) is 1. The number of primary amides is 1. The lowest BCUT2D eigenvalue weighted by Crippen LogP contribution is -2.39. The first kappa shape index (κ1) is 30.5. The molecule has 0 radical (unpaired) electrons. The maximum Gasteiger partial charge on any atom is 0.323 e. The van der Waals surface area contributed by atoms with Gasteiger partial charge in [-0.05, 0) is 55.2 Å². The SMILES string of the molecule is COCCOc1cc2c(cc1Oc1ccnc(NC(=O)c3ccc(C4CCN(CCO)C(=O)C4)cc3)c1)cc(C)n2C(N)=O. The summed E-state index contributed by atoms with van der Waals surface area (Å²) >= 11 is 0. The normalized spacial score (nSPS) is 14.9. The Hall–Kier alpha value is -4.94. The molecule has 3 amide bonds. The Bertz CT molecular complexity index is 1670. The van der Waals surface area contributed by atoms with Crippen molar-refractivity contribution in [3.05, 3.63) is 77.6 Å². The number of nitrogens with zero attached hydrogens (tertiary/aromatic N) is 3. The van der Waals surface area contributed by atoms with Crippen molar-refractivity contribution in [2.75, 3.05) is 45.3 Å². The van der Waals surface area contributed by atoms with Crippen molar-refractivity contribution in [2.24, 2.45) is 5.73 Å². The zero-order valence-corrected chi connectivity index (χ0v) is 24.6. The van der Waals surface area contributed by atoms with E-state index < -0.39 is 6.03 Å². The number of carbonyl (C=O) groups is 3. The van der Waals surface area contributed by atoms with E-state index in [2.05, 4.69) is 10.3 Å². The van der Waals surface area contributed by atoms with Gasteiger partial charge in [-0.2, -0.15) is 0 Å². The molecular weight excluding hydrogens is 566 g/mol. The van der Waals surface area contributed by atoms with Gasteiger partial charge >= 0.3 is 6.03 Å². The number of methoxy groups -OCH3 is 1. The van der Waals surface area contributed by atoms with E-state index in [1.54, 1.807) is 55.3 Å². The summed E-state index contributed by atoms with van der Waals surface area (Å²) in [6.45, 7) is 3.30. The van der Waals surface area contributed by atoms with E-state index in [1.165, 1.54) is 10.8 Å². The van der Waals surface area contributed by atoms with Gasteiger partial charge in [-0.15, -0.1) is 0 Å². The number of nitrogens with one attached hydrogen (secondary N) is 1. The summed E-state index contributed by atoms with van der Waals surface area (Å²) in [4.78, 5) is 43.4. The Labute approximate surface area is 254 Å². The van der Waals surface area contributed by atoms with Crippen LogP contribution in [0, 0.1) is 6.92 Å². The van der Waals surface area contributed by atoms with Gasteiger partial charge in [0.2, 0.25) is 5.91 Å². The molecule has 12 nitrogen and oxygen atoms in total. The van der Waals surface area contributed by atoms with Gasteiger partial charge in [0.15, 0.2) is 11.5 Å². The molecule has 1 saturated heterocycles. The zero-order valence-electron chi connectivity index (χ0n) is 24.6. The highest BCUT2D eigenvalue weighted by Crippen LogP contribution is 2.37. The molecule has 230 valence electrons. The molecule has 1 aliphatic heterocycles. The number of rotatable bonds is 11. The van der Waals surface area contributed by atoms with Gasteiger partial charge in [0, 0.05) is 61.6 Å². The third-order valence-electron chi connectivity index (χ3n) is 7.55. The van der Waals surface area contributed by atoms with Crippen LogP contribution < -0.4 is 20.5 Å². The number of fused-ring (bicyclic) bond motifs is 1. The minimum absolute atomic E-state index is 0.0260. The highest BCUT2D eigenvalue weighted by molar-refractivity contribution is 6.03. The van der Waals surface area contributed by atoms with Crippen molar-refractivity contribution in [3.63, 3.8) is 0 Å². The number of aliphatic hydroxyl groups excluding tert-OH is 1. The Morgan fingerprint density at radius 1 is 1.09 bits per heavy atom. The number of β-amino-alcohol motifs (C(OH)–C–C–N with tert-alkyl or cyclic N) is 1. The van der Waals surface area contributed by atoms with Crippen LogP contribution in [0.25, 0.3) is 10.9 Å². The molecule has 4 N–H and O–H groups in total. The van der Waals surface area contributed by atoms with E-state index in [4.69, 9.17) is 25.1 Å². The van der Waals surface area contributed by atoms with Crippen LogP contribution in [-0.2, 0) is 9.53 Å². The standard InChI is InChI=1S/C32H35N5O7/c1-20-15-24-16-28(27(43-14-13-42-2)19-26(24)37(20)32(33)41)44-25-7-9-34-29(18-25)35-31(40)22-5-3-21(4-6-22)23-8-10-36(11-12-38)30(39)17-23/h3-7,9,15-16,18-19,23,38H,8,10-14,17H2,1-2H3,(H2,33,41)(H,34,35,40). The summed E-state index contributed by atoms with van der Waals surface area (Å²) in [5, 5.41) is 12.7. The molecule has 0 aliphatic carbocycles. The predicted molar refractivity (Wildman–Crippen MR) is 163 cm³/mol. The first-order valence-electron chi connectivity index (χ1n) is 14.3. The van der Waals surface area contributed by atoms with Gasteiger partial charge in [-0.25, -0.2) is 9.78 Å². The van der Waals surface area contributed by atoms with Crippen LogP contribution in [0.3, 0.4) is 0 Å². The number of piperidine rings is 1. The van der Waals surface area contributed by atoms with Crippen molar-refractivity contribution in [1.29, 1.82) is 0 Å². The fourth-order valence-electron chi connectivity index (χ4n) is 5.36. The summed E-state index contributed by atoms with van der Waals surface area (Å²) in [6, 6.07) is 15.1. The number of aryl methyl sites for hydroxylation is 1. The topological polar surface area (TPSA) is 158 Å². The highest BCUT2D eigenvalue weighted by atomic mass is 16.5. The molecule has 3 heterocycles.